The van der Waals surface area contributed by atoms with Crippen LogP contribution >= 0.6 is 0 Å². The Kier molecular flexibility index (Phi) is 10.7. The number of piperazine rings is 1. The molecule has 0 aromatic carbocycles. The molecule has 0 spiro atoms. The summed E-state index contributed by atoms with van der Waals surface area (Å²) in [5.41, 5.74) is 0. The molecule has 0 radical (unpaired) electrons. The first-order valence-corrected chi connectivity index (χ1v) is 10.1. The zero-order valence-corrected chi connectivity index (χ0v) is 17.7. The van der Waals surface area contributed by atoms with E-state index in [4.69, 9.17) is 23.7 Å². The van der Waals surface area contributed by atoms with Crippen molar-refractivity contribution in [1.82, 2.24) is 15.1 Å². The Morgan fingerprint density at radius 1 is 1.18 bits per heavy atom. The van der Waals surface area contributed by atoms with Crippen LogP contribution in [0.3, 0.4) is 0 Å². The summed E-state index contributed by atoms with van der Waals surface area (Å²) in [6.45, 7) is 7.39. The van der Waals surface area contributed by atoms with E-state index in [1.54, 1.807) is 14.2 Å². The average molecular weight is 401 g/mol. The Morgan fingerprint density at radius 3 is 2.61 bits per heavy atom. The molecule has 0 saturated carbocycles. The average Bonchev–Trinajstić information content (AvgIpc) is 2.98. The molecule has 10 heteroatoms. The third-order valence-electron chi connectivity index (χ3n) is 5.27. The third-order valence-corrected chi connectivity index (χ3v) is 5.27. The van der Waals surface area contributed by atoms with Crippen LogP contribution in [-0.2, 0) is 28.5 Å². The first-order chi connectivity index (χ1) is 13.5. The van der Waals surface area contributed by atoms with Crippen molar-refractivity contribution in [3.8, 4) is 0 Å². The maximum Gasteiger partial charge on any atom is 0.246 e. The van der Waals surface area contributed by atoms with Gasteiger partial charge in [-0.3, -0.25) is 9.69 Å². The van der Waals surface area contributed by atoms with Gasteiger partial charge in [-0.15, -0.1) is 0 Å². The van der Waals surface area contributed by atoms with Gasteiger partial charge < -0.3 is 33.9 Å². The topological polar surface area (TPSA) is 81.7 Å². The normalized spacial score (nSPS) is 29.2. The van der Waals surface area contributed by atoms with E-state index in [0.717, 1.165) is 32.7 Å². The zero-order chi connectivity index (χ0) is 20.4. The fraction of sp³-hybridized carbons (Fsp3) is 0.944. The molecule has 0 aromatic rings. The molecule has 1 unspecified atom stereocenters. The van der Waals surface area contributed by atoms with Gasteiger partial charge in [-0.05, 0) is 7.05 Å². The largest absolute Gasteiger partial charge is 0.382 e. The second-order valence-electron chi connectivity index (χ2n) is 7.42. The Hall–Kier alpha value is -0.745. The van der Waals surface area contributed by atoms with Crippen molar-refractivity contribution in [3.05, 3.63) is 0 Å². The van der Waals surface area contributed by atoms with Crippen LogP contribution in [0.1, 0.15) is 0 Å². The molecule has 9 nitrogen and oxygen atoms in total. The quantitative estimate of drug-likeness (QED) is 0.291. The number of nitrogens with zero attached hydrogens (tertiary/aromatic N) is 2. The fourth-order valence-corrected chi connectivity index (χ4v) is 3.58. The van der Waals surface area contributed by atoms with Crippen molar-refractivity contribution in [2.24, 2.45) is 0 Å². The van der Waals surface area contributed by atoms with Crippen LogP contribution in [-0.4, -0.2) is 135 Å². The second kappa shape index (κ2) is 12.7. The molecule has 2 saturated heterocycles. The van der Waals surface area contributed by atoms with E-state index in [0.29, 0.717) is 26.4 Å². The number of rotatable bonds is 12. The van der Waals surface area contributed by atoms with Gasteiger partial charge in [0.05, 0.1) is 25.8 Å². The number of likely N-dealkylation sites (N-methyl/N-ethyl adjacent to an activating group) is 1. The van der Waals surface area contributed by atoms with Crippen molar-refractivity contribution in [2.75, 3.05) is 87.0 Å². The lowest BCUT2D eigenvalue weighted by molar-refractivity contribution is -0.130. The highest BCUT2D eigenvalue weighted by Crippen LogP contribution is 2.24. The van der Waals surface area contributed by atoms with E-state index >= 15 is 0 Å². The minimum absolute atomic E-state index is 0.0285. The third kappa shape index (κ3) is 7.59. The summed E-state index contributed by atoms with van der Waals surface area (Å²) < 4.78 is 27.8. The van der Waals surface area contributed by atoms with Gasteiger partial charge in [0.2, 0.25) is 5.91 Å². The van der Waals surface area contributed by atoms with E-state index in [9.17, 15) is 4.79 Å². The van der Waals surface area contributed by atoms with E-state index in [1.165, 1.54) is 0 Å². The highest BCUT2D eigenvalue weighted by Gasteiger charge is 2.43. The minimum atomic E-state index is -0.296. The van der Waals surface area contributed by atoms with Crippen LogP contribution in [0.4, 0.5) is 0 Å². The maximum atomic E-state index is 12.0. The number of nitrogens with one attached hydrogen (secondary N) is 1. The van der Waals surface area contributed by atoms with Gasteiger partial charge in [-0.25, -0.2) is 0 Å². The van der Waals surface area contributed by atoms with Gasteiger partial charge >= 0.3 is 0 Å². The van der Waals surface area contributed by atoms with Crippen LogP contribution in [0.5, 0.6) is 0 Å². The van der Waals surface area contributed by atoms with Gasteiger partial charge in [0.1, 0.15) is 32.8 Å². The summed E-state index contributed by atoms with van der Waals surface area (Å²) in [7, 11) is 7.30. The molecule has 4 atom stereocenters. The van der Waals surface area contributed by atoms with Crippen molar-refractivity contribution >= 4 is 13.8 Å². The molecule has 2 fully saturated rings. The second-order valence-corrected chi connectivity index (χ2v) is 7.42. The number of hydrogen-bond acceptors (Lipinski definition) is 8. The maximum absolute atomic E-state index is 12.0. The van der Waals surface area contributed by atoms with E-state index in [1.807, 2.05) is 7.85 Å². The number of hydrogen-bond donors (Lipinski definition) is 1. The monoisotopic (exact) mass is 401 g/mol. The van der Waals surface area contributed by atoms with Gasteiger partial charge in [0, 0.05) is 53.5 Å². The summed E-state index contributed by atoms with van der Waals surface area (Å²) in [5, 5.41) is 2.82. The van der Waals surface area contributed by atoms with Crippen LogP contribution in [0.15, 0.2) is 0 Å². The minimum Gasteiger partial charge on any atom is -0.382 e. The summed E-state index contributed by atoms with van der Waals surface area (Å²) in [6.07, 6.45) is -0.733. The van der Waals surface area contributed by atoms with Gasteiger partial charge in [0.25, 0.3) is 0 Å². The Bertz CT molecular complexity index is 453. The SMILES string of the molecule is B[C@@H]1O[C@H](COC)C(OC)[C@@H]1OCC(=O)NCCOCCN1CCN(C)CC1. The first kappa shape index (κ1) is 23.5. The highest BCUT2D eigenvalue weighted by atomic mass is 16.6. The predicted octanol–water partition coefficient (Wildman–Crippen LogP) is -2.23. The molecule has 162 valence electrons. The molecular formula is C18H36BN3O6. The van der Waals surface area contributed by atoms with Gasteiger partial charge in [-0.2, -0.15) is 0 Å². The van der Waals surface area contributed by atoms with Crippen LogP contribution < -0.4 is 5.32 Å². The Labute approximate surface area is 169 Å². The predicted molar refractivity (Wildman–Crippen MR) is 107 cm³/mol. The number of methoxy groups -OCH3 is 2. The van der Waals surface area contributed by atoms with Crippen molar-refractivity contribution in [3.63, 3.8) is 0 Å². The molecule has 2 rings (SSSR count). The van der Waals surface area contributed by atoms with E-state index < -0.39 is 0 Å². The number of ether oxygens (including phenoxy) is 5. The lowest BCUT2D eigenvalue weighted by Crippen LogP contribution is -2.45. The molecule has 1 amide bonds. The molecule has 2 aliphatic rings. The molecule has 2 aliphatic heterocycles. The molecule has 28 heavy (non-hydrogen) atoms. The van der Waals surface area contributed by atoms with Crippen molar-refractivity contribution in [1.29, 1.82) is 0 Å². The van der Waals surface area contributed by atoms with E-state index in [-0.39, 0.29) is 36.8 Å². The standard InChI is InChI=1S/C18H36BN3O6/c1-21-5-7-22(8-6-21)9-11-26-10-4-20-15(23)13-27-17-16(25-3)14(12-24-2)28-18(17)19/h14,16-18H,4-13,19H2,1-3H3,(H,20,23)/t14-,16?,17+,18-/m1/s1. The number of amides is 1. The van der Waals surface area contributed by atoms with Crippen molar-refractivity contribution < 1.29 is 28.5 Å². The summed E-state index contributed by atoms with van der Waals surface area (Å²) in [6, 6.07) is -0.157. The summed E-state index contributed by atoms with van der Waals surface area (Å²) >= 11 is 0. The lowest BCUT2D eigenvalue weighted by Gasteiger charge is -2.32. The van der Waals surface area contributed by atoms with Crippen molar-refractivity contribution in [2.45, 2.75) is 24.3 Å². The zero-order valence-electron chi connectivity index (χ0n) is 17.7. The molecule has 2 heterocycles. The first-order valence-electron chi connectivity index (χ1n) is 10.1. The number of carbonyl (C=O) groups excluding carboxylic acids is 1. The number of carbonyl (C=O) groups is 1. The molecule has 1 N–H and O–H groups in total. The molecule has 0 bridgehead atoms. The van der Waals surface area contributed by atoms with Crippen LogP contribution in [0.25, 0.3) is 0 Å². The molecule has 0 aliphatic carbocycles. The Balaban J connectivity index is 1.52. The van der Waals surface area contributed by atoms with Crippen LogP contribution in [0, 0.1) is 0 Å². The highest BCUT2D eigenvalue weighted by molar-refractivity contribution is 6.11. The molecular weight excluding hydrogens is 365 g/mol. The van der Waals surface area contributed by atoms with Crippen LogP contribution in [0.2, 0.25) is 0 Å². The van der Waals surface area contributed by atoms with Gasteiger partial charge in [-0.1, -0.05) is 0 Å². The Morgan fingerprint density at radius 2 is 1.93 bits per heavy atom. The van der Waals surface area contributed by atoms with Gasteiger partial charge in [0.15, 0.2) is 0 Å². The summed E-state index contributed by atoms with van der Waals surface area (Å²) in [5.74, 6) is -0.167. The lowest BCUT2D eigenvalue weighted by atomic mass is 9.93. The smallest absolute Gasteiger partial charge is 0.246 e. The molecule has 0 aromatic heterocycles. The fourth-order valence-electron chi connectivity index (χ4n) is 3.58. The summed E-state index contributed by atoms with van der Waals surface area (Å²) in [4.78, 5) is 16.7. The van der Waals surface area contributed by atoms with E-state index in [2.05, 4.69) is 22.2 Å².